The van der Waals surface area contributed by atoms with Crippen molar-refractivity contribution in [3.63, 3.8) is 0 Å². The largest absolute Gasteiger partial charge is 0.382 e. The molecule has 0 spiro atoms. The summed E-state index contributed by atoms with van der Waals surface area (Å²) in [4.78, 5) is 11.3. The van der Waals surface area contributed by atoms with Crippen LogP contribution in [0.2, 0.25) is 0 Å². The number of nitrogens with zero attached hydrogens (tertiary/aromatic N) is 6. The molecule has 1 saturated heterocycles. The van der Waals surface area contributed by atoms with Crippen LogP contribution in [0.4, 0.5) is 5.82 Å². The van der Waals surface area contributed by atoms with Gasteiger partial charge in [-0.1, -0.05) is 0 Å². The van der Waals surface area contributed by atoms with Gasteiger partial charge in [-0.05, 0) is 18.6 Å². The van der Waals surface area contributed by atoms with Gasteiger partial charge in [-0.15, -0.1) is 0 Å². The van der Waals surface area contributed by atoms with Gasteiger partial charge in [0.1, 0.15) is 5.82 Å². The molecule has 0 aromatic carbocycles. The smallest absolute Gasteiger partial charge is 0.233 e. The quantitative estimate of drug-likeness (QED) is 0.746. The highest BCUT2D eigenvalue weighted by atomic mass is 16.5. The highest BCUT2D eigenvalue weighted by molar-refractivity contribution is 5.29. The first-order valence-corrected chi connectivity index (χ1v) is 8.05. The van der Waals surface area contributed by atoms with Gasteiger partial charge < -0.3 is 10.5 Å². The molecule has 0 bridgehead atoms. The van der Waals surface area contributed by atoms with E-state index in [0.717, 1.165) is 37.5 Å². The number of imidazole rings is 1. The molecule has 0 radical (unpaired) electrons. The summed E-state index contributed by atoms with van der Waals surface area (Å²) in [7, 11) is 1.77. The number of nitrogen functional groups attached to an aromatic ring is 1. The number of methoxy groups -OCH3 is 1. The van der Waals surface area contributed by atoms with E-state index in [9.17, 15) is 0 Å². The number of anilines is 1. The normalized spacial score (nSPS) is 21.7. The fourth-order valence-electron chi connectivity index (χ4n) is 3.35. The Balaban J connectivity index is 1.52. The molecule has 1 aliphatic rings. The maximum atomic E-state index is 5.72. The zero-order chi connectivity index (χ0) is 16.5. The number of ether oxygens (including phenoxy) is 1. The van der Waals surface area contributed by atoms with Crippen LogP contribution < -0.4 is 5.73 Å². The monoisotopic (exact) mass is 327 g/mol. The van der Waals surface area contributed by atoms with Gasteiger partial charge in [0.15, 0.2) is 0 Å². The van der Waals surface area contributed by atoms with Gasteiger partial charge in [0.2, 0.25) is 5.78 Å². The highest BCUT2D eigenvalue weighted by Gasteiger charge is 2.32. The second-order valence-electron chi connectivity index (χ2n) is 6.20. The maximum Gasteiger partial charge on any atom is 0.233 e. The summed E-state index contributed by atoms with van der Waals surface area (Å²) in [5.74, 6) is 1.28. The standard InChI is InChI=1S/C16H21N7O/c1-24-14-7-13(10-23-6-3-15(17)20-23)22(11-14)9-12-8-21-5-2-4-18-16(21)19-12/h2-6,8,13-14H,7,9-11H2,1H3,(H2,17,20)/t13-,14+/m0/s1. The van der Waals surface area contributed by atoms with Gasteiger partial charge in [0, 0.05) is 51.0 Å². The van der Waals surface area contributed by atoms with E-state index in [1.54, 1.807) is 13.3 Å². The van der Waals surface area contributed by atoms with E-state index in [0.29, 0.717) is 11.9 Å². The molecular formula is C16H21N7O. The lowest BCUT2D eigenvalue weighted by molar-refractivity contribution is 0.107. The maximum absolute atomic E-state index is 5.72. The van der Waals surface area contributed by atoms with Crippen molar-refractivity contribution < 1.29 is 4.74 Å². The van der Waals surface area contributed by atoms with Crippen molar-refractivity contribution in [3.8, 4) is 0 Å². The molecule has 0 amide bonds. The van der Waals surface area contributed by atoms with E-state index in [2.05, 4.69) is 20.0 Å². The topological polar surface area (TPSA) is 86.5 Å². The van der Waals surface area contributed by atoms with Crippen LogP contribution in [0.3, 0.4) is 0 Å². The summed E-state index contributed by atoms with van der Waals surface area (Å²) in [6, 6.07) is 4.06. The lowest BCUT2D eigenvalue weighted by atomic mass is 10.2. The first kappa shape index (κ1) is 15.1. The van der Waals surface area contributed by atoms with Crippen LogP contribution in [0.1, 0.15) is 12.1 Å². The van der Waals surface area contributed by atoms with Crippen molar-refractivity contribution in [2.75, 3.05) is 19.4 Å². The number of aromatic nitrogens is 5. The number of hydrogen-bond acceptors (Lipinski definition) is 6. The summed E-state index contributed by atoms with van der Waals surface area (Å²) in [6.07, 6.45) is 8.88. The van der Waals surface area contributed by atoms with E-state index >= 15 is 0 Å². The molecule has 0 saturated carbocycles. The summed E-state index contributed by atoms with van der Waals surface area (Å²) in [6.45, 7) is 2.45. The lowest BCUT2D eigenvalue weighted by Crippen LogP contribution is -2.33. The third kappa shape index (κ3) is 2.98. The Hall–Kier alpha value is -2.45. The molecule has 2 atom stereocenters. The second kappa shape index (κ2) is 6.21. The minimum atomic E-state index is 0.234. The molecule has 0 unspecified atom stereocenters. The van der Waals surface area contributed by atoms with Crippen molar-refractivity contribution in [2.45, 2.75) is 31.7 Å². The van der Waals surface area contributed by atoms with Crippen molar-refractivity contribution in [3.05, 3.63) is 42.6 Å². The van der Waals surface area contributed by atoms with Gasteiger partial charge in [-0.2, -0.15) is 5.10 Å². The molecule has 4 rings (SSSR count). The number of hydrogen-bond donors (Lipinski definition) is 1. The molecule has 8 heteroatoms. The molecular weight excluding hydrogens is 306 g/mol. The molecule has 4 heterocycles. The van der Waals surface area contributed by atoms with Crippen LogP contribution in [-0.2, 0) is 17.8 Å². The summed E-state index contributed by atoms with van der Waals surface area (Å²) in [5.41, 5.74) is 6.73. The van der Waals surface area contributed by atoms with Crippen LogP contribution in [0.5, 0.6) is 0 Å². The van der Waals surface area contributed by atoms with Gasteiger partial charge in [-0.3, -0.25) is 14.0 Å². The predicted molar refractivity (Wildman–Crippen MR) is 89.2 cm³/mol. The van der Waals surface area contributed by atoms with Crippen molar-refractivity contribution in [1.82, 2.24) is 29.0 Å². The fourth-order valence-corrected chi connectivity index (χ4v) is 3.35. The molecule has 3 aromatic heterocycles. The summed E-state index contributed by atoms with van der Waals surface area (Å²) < 4.78 is 9.42. The third-order valence-electron chi connectivity index (χ3n) is 4.53. The number of rotatable bonds is 5. The zero-order valence-electron chi connectivity index (χ0n) is 13.6. The van der Waals surface area contributed by atoms with Gasteiger partial charge in [0.05, 0.1) is 18.3 Å². The average Bonchev–Trinajstić information content (AvgIpc) is 3.27. The Morgan fingerprint density at radius 1 is 1.38 bits per heavy atom. The van der Waals surface area contributed by atoms with Crippen LogP contribution in [0.25, 0.3) is 5.78 Å². The van der Waals surface area contributed by atoms with Gasteiger partial charge >= 0.3 is 0 Å². The minimum Gasteiger partial charge on any atom is -0.382 e. The zero-order valence-corrected chi connectivity index (χ0v) is 13.6. The second-order valence-corrected chi connectivity index (χ2v) is 6.20. The average molecular weight is 327 g/mol. The van der Waals surface area contributed by atoms with Crippen molar-refractivity contribution in [1.29, 1.82) is 0 Å². The first-order chi connectivity index (χ1) is 11.7. The summed E-state index contributed by atoms with van der Waals surface area (Å²) >= 11 is 0. The Bertz CT molecular complexity index is 794. The molecule has 8 nitrogen and oxygen atoms in total. The molecule has 1 aliphatic heterocycles. The number of nitrogens with two attached hydrogens (primary N) is 1. The predicted octanol–water partition coefficient (Wildman–Crippen LogP) is 0.797. The Kier molecular flexibility index (Phi) is 3.91. The van der Waals surface area contributed by atoms with E-state index in [-0.39, 0.29) is 6.10 Å². The van der Waals surface area contributed by atoms with E-state index in [1.807, 2.05) is 39.8 Å². The van der Waals surface area contributed by atoms with Crippen LogP contribution >= 0.6 is 0 Å². The van der Waals surface area contributed by atoms with E-state index in [1.165, 1.54) is 0 Å². The van der Waals surface area contributed by atoms with Crippen LogP contribution in [-0.4, -0.2) is 54.8 Å². The SMILES string of the molecule is CO[C@@H]1C[C@@H](Cn2ccc(N)n2)N(Cc2cn3cccnc3n2)C1. The fraction of sp³-hybridized carbons (Fsp3) is 0.438. The molecule has 1 fully saturated rings. The summed E-state index contributed by atoms with van der Waals surface area (Å²) in [5, 5.41) is 4.30. The number of fused-ring (bicyclic) bond motifs is 1. The molecule has 3 aromatic rings. The Labute approximate surface area is 139 Å². The van der Waals surface area contributed by atoms with E-state index in [4.69, 9.17) is 10.5 Å². The van der Waals surface area contributed by atoms with E-state index < -0.39 is 0 Å². The van der Waals surface area contributed by atoms with Crippen molar-refractivity contribution in [2.24, 2.45) is 0 Å². The Morgan fingerprint density at radius 2 is 2.29 bits per heavy atom. The van der Waals surface area contributed by atoms with Crippen LogP contribution in [0, 0.1) is 0 Å². The number of likely N-dealkylation sites (tertiary alicyclic amines) is 1. The molecule has 126 valence electrons. The van der Waals surface area contributed by atoms with Gasteiger partial charge in [0.25, 0.3) is 0 Å². The lowest BCUT2D eigenvalue weighted by Gasteiger charge is -2.23. The molecule has 24 heavy (non-hydrogen) atoms. The van der Waals surface area contributed by atoms with Crippen molar-refractivity contribution >= 4 is 11.6 Å². The minimum absolute atomic E-state index is 0.234. The third-order valence-corrected chi connectivity index (χ3v) is 4.53. The molecule has 0 aliphatic carbocycles. The van der Waals surface area contributed by atoms with Crippen LogP contribution in [0.15, 0.2) is 36.9 Å². The van der Waals surface area contributed by atoms with Gasteiger partial charge in [-0.25, -0.2) is 9.97 Å². The first-order valence-electron chi connectivity index (χ1n) is 8.05. The highest BCUT2D eigenvalue weighted by Crippen LogP contribution is 2.23. The Morgan fingerprint density at radius 3 is 3.04 bits per heavy atom. The molecule has 2 N–H and O–H groups in total.